The molecule has 0 bridgehead atoms. The van der Waals surface area contributed by atoms with Gasteiger partial charge in [0.1, 0.15) is 0 Å². The summed E-state index contributed by atoms with van der Waals surface area (Å²) in [7, 11) is 0. The Bertz CT molecular complexity index is 1120. The summed E-state index contributed by atoms with van der Waals surface area (Å²) < 4.78 is 2.20. The molecule has 3 heteroatoms. The monoisotopic (exact) mass is 394 g/mol. The van der Waals surface area contributed by atoms with E-state index in [1.165, 1.54) is 16.7 Å². The van der Waals surface area contributed by atoms with Gasteiger partial charge in [0.2, 0.25) is 5.91 Å². The number of nitrogens with one attached hydrogen (secondary N) is 1. The van der Waals surface area contributed by atoms with Gasteiger partial charge in [-0.2, -0.15) is 0 Å². The van der Waals surface area contributed by atoms with Gasteiger partial charge in [-0.25, -0.2) is 0 Å². The van der Waals surface area contributed by atoms with Crippen molar-refractivity contribution in [1.29, 1.82) is 0 Å². The fraction of sp³-hybridized carbons (Fsp3) is 0.148. The Hall–Kier alpha value is -3.59. The van der Waals surface area contributed by atoms with Crippen LogP contribution in [0.3, 0.4) is 0 Å². The molecule has 1 amide bonds. The van der Waals surface area contributed by atoms with Crippen LogP contribution < -0.4 is 5.32 Å². The lowest BCUT2D eigenvalue weighted by Gasteiger charge is -2.10. The van der Waals surface area contributed by atoms with Crippen LogP contribution in [-0.2, 0) is 11.2 Å². The summed E-state index contributed by atoms with van der Waals surface area (Å²) in [6.45, 7) is 4.13. The van der Waals surface area contributed by atoms with Crippen LogP contribution in [0.5, 0.6) is 0 Å². The van der Waals surface area contributed by atoms with Gasteiger partial charge in [-0.3, -0.25) is 4.79 Å². The number of hydrogen-bond donors (Lipinski definition) is 1. The molecule has 0 fully saturated rings. The van der Waals surface area contributed by atoms with Crippen LogP contribution in [0.4, 0.5) is 5.69 Å². The largest absolute Gasteiger partial charge is 0.326 e. The van der Waals surface area contributed by atoms with Crippen molar-refractivity contribution >= 4 is 11.6 Å². The van der Waals surface area contributed by atoms with E-state index in [4.69, 9.17) is 0 Å². The van der Waals surface area contributed by atoms with Crippen LogP contribution in [0.25, 0.3) is 16.8 Å². The van der Waals surface area contributed by atoms with E-state index in [1.54, 1.807) is 0 Å². The standard InChI is InChI=1S/C27H26N2O/c1-20-8-12-24(13-9-20)28-27(30)17-16-26-18-23(22-6-4-3-5-7-22)19-29(26)25-14-10-21(2)11-15-25/h3-15,18-19H,16-17H2,1-2H3,(H,28,30). The second-order valence-electron chi connectivity index (χ2n) is 7.71. The van der Waals surface area contributed by atoms with Gasteiger partial charge in [-0.05, 0) is 56.2 Å². The highest BCUT2D eigenvalue weighted by Gasteiger charge is 2.12. The van der Waals surface area contributed by atoms with Crippen molar-refractivity contribution in [3.63, 3.8) is 0 Å². The van der Waals surface area contributed by atoms with E-state index in [2.05, 4.69) is 65.5 Å². The van der Waals surface area contributed by atoms with Crippen LogP contribution in [-0.4, -0.2) is 10.5 Å². The van der Waals surface area contributed by atoms with Crippen LogP contribution in [0.15, 0.2) is 91.1 Å². The molecule has 0 aliphatic heterocycles. The first-order valence-corrected chi connectivity index (χ1v) is 10.3. The Balaban J connectivity index is 1.56. The Morgan fingerprint density at radius 2 is 1.43 bits per heavy atom. The Morgan fingerprint density at radius 1 is 0.800 bits per heavy atom. The van der Waals surface area contributed by atoms with Crippen molar-refractivity contribution in [3.8, 4) is 16.8 Å². The molecule has 1 N–H and O–H groups in total. The molecule has 3 aromatic carbocycles. The van der Waals surface area contributed by atoms with Crippen molar-refractivity contribution in [2.45, 2.75) is 26.7 Å². The number of benzene rings is 3. The lowest BCUT2D eigenvalue weighted by molar-refractivity contribution is -0.116. The maximum atomic E-state index is 12.5. The average Bonchev–Trinajstić information content (AvgIpc) is 3.19. The normalized spacial score (nSPS) is 10.7. The zero-order valence-corrected chi connectivity index (χ0v) is 17.4. The molecule has 0 aliphatic carbocycles. The highest BCUT2D eigenvalue weighted by Crippen LogP contribution is 2.26. The molecule has 4 aromatic rings. The fourth-order valence-electron chi connectivity index (χ4n) is 3.54. The van der Waals surface area contributed by atoms with E-state index in [-0.39, 0.29) is 5.91 Å². The summed E-state index contributed by atoms with van der Waals surface area (Å²) in [6.07, 6.45) is 3.25. The number of aromatic nitrogens is 1. The minimum Gasteiger partial charge on any atom is -0.326 e. The highest BCUT2D eigenvalue weighted by atomic mass is 16.1. The van der Waals surface area contributed by atoms with Crippen LogP contribution in [0.1, 0.15) is 23.2 Å². The molecule has 0 saturated carbocycles. The maximum absolute atomic E-state index is 12.5. The molecular formula is C27H26N2O. The molecule has 4 rings (SSSR count). The SMILES string of the molecule is Cc1ccc(NC(=O)CCc2cc(-c3ccccc3)cn2-c2ccc(C)cc2)cc1. The summed E-state index contributed by atoms with van der Waals surface area (Å²) in [5.41, 5.74) is 7.81. The molecule has 0 saturated heterocycles. The predicted molar refractivity (Wildman–Crippen MR) is 124 cm³/mol. The number of carbonyl (C=O) groups is 1. The molecule has 150 valence electrons. The van der Waals surface area contributed by atoms with Gasteiger partial charge in [0.25, 0.3) is 0 Å². The van der Waals surface area contributed by atoms with E-state index in [9.17, 15) is 4.79 Å². The molecule has 30 heavy (non-hydrogen) atoms. The van der Waals surface area contributed by atoms with Crippen molar-refractivity contribution in [1.82, 2.24) is 4.57 Å². The number of aryl methyl sites for hydroxylation is 3. The first kappa shape index (κ1) is 19.7. The lowest BCUT2D eigenvalue weighted by Crippen LogP contribution is -2.13. The lowest BCUT2D eigenvalue weighted by atomic mass is 10.1. The summed E-state index contributed by atoms with van der Waals surface area (Å²) in [5, 5.41) is 3.00. The van der Waals surface area contributed by atoms with Crippen molar-refractivity contribution in [2.24, 2.45) is 0 Å². The van der Waals surface area contributed by atoms with Crippen molar-refractivity contribution in [3.05, 3.63) is 108 Å². The Kier molecular flexibility index (Phi) is 5.80. The first-order valence-electron chi connectivity index (χ1n) is 10.3. The Morgan fingerprint density at radius 3 is 2.10 bits per heavy atom. The van der Waals surface area contributed by atoms with Gasteiger partial charge in [0, 0.05) is 35.2 Å². The van der Waals surface area contributed by atoms with E-state index < -0.39 is 0 Å². The maximum Gasteiger partial charge on any atom is 0.224 e. The molecule has 0 radical (unpaired) electrons. The molecule has 0 spiro atoms. The van der Waals surface area contributed by atoms with Gasteiger partial charge in [0.15, 0.2) is 0 Å². The van der Waals surface area contributed by atoms with Gasteiger partial charge < -0.3 is 9.88 Å². The molecule has 0 unspecified atom stereocenters. The number of carbonyl (C=O) groups excluding carboxylic acids is 1. The van der Waals surface area contributed by atoms with E-state index in [0.717, 1.165) is 22.6 Å². The van der Waals surface area contributed by atoms with Crippen LogP contribution >= 0.6 is 0 Å². The van der Waals surface area contributed by atoms with E-state index in [0.29, 0.717) is 12.8 Å². The zero-order chi connectivity index (χ0) is 20.9. The minimum atomic E-state index is 0.0248. The zero-order valence-electron chi connectivity index (χ0n) is 17.4. The number of amides is 1. The molecule has 0 aliphatic rings. The molecular weight excluding hydrogens is 368 g/mol. The third-order valence-corrected chi connectivity index (χ3v) is 5.26. The highest BCUT2D eigenvalue weighted by molar-refractivity contribution is 5.90. The smallest absolute Gasteiger partial charge is 0.224 e. The number of hydrogen-bond acceptors (Lipinski definition) is 1. The quantitative estimate of drug-likeness (QED) is 0.407. The number of anilines is 1. The second kappa shape index (κ2) is 8.83. The van der Waals surface area contributed by atoms with Gasteiger partial charge in [-0.1, -0.05) is 65.7 Å². The summed E-state index contributed by atoms with van der Waals surface area (Å²) in [5.74, 6) is 0.0248. The summed E-state index contributed by atoms with van der Waals surface area (Å²) in [4.78, 5) is 12.5. The van der Waals surface area contributed by atoms with Crippen LogP contribution in [0, 0.1) is 13.8 Å². The predicted octanol–water partition coefficient (Wildman–Crippen LogP) is 6.33. The minimum absolute atomic E-state index is 0.0248. The van der Waals surface area contributed by atoms with E-state index in [1.807, 2.05) is 49.4 Å². The first-order chi connectivity index (χ1) is 14.6. The van der Waals surface area contributed by atoms with Gasteiger partial charge in [-0.15, -0.1) is 0 Å². The summed E-state index contributed by atoms with van der Waals surface area (Å²) >= 11 is 0. The fourth-order valence-corrected chi connectivity index (χ4v) is 3.54. The molecule has 3 nitrogen and oxygen atoms in total. The van der Waals surface area contributed by atoms with Gasteiger partial charge >= 0.3 is 0 Å². The third-order valence-electron chi connectivity index (χ3n) is 5.26. The number of nitrogens with zero attached hydrogens (tertiary/aromatic N) is 1. The van der Waals surface area contributed by atoms with Crippen molar-refractivity contribution < 1.29 is 4.79 Å². The molecule has 0 atom stereocenters. The molecule has 1 heterocycles. The molecule has 1 aromatic heterocycles. The van der Waals surface area contributed by atoms with Crippen molar-refractivity contribution in [2.75, 3.05) is 5.32 Å². The van der Waals surface area contributed by atoms with E-state index >= 15 is 0 Å². The topological polar surface area (TPSA) is 34.0 Å². The van der Waals surface area contributed by atoms with Gasteiger partial charge in [0.05, 0.1) is 0 Å². The third kappa shape index (κ3) is 4.69. The second-order valence-corrected chi connectivity index (χ2v) is 7.71. The Labute approximate surface area is 178 Å². The number of rotatable bonds is 6. The van der Waals surface area contributed by atoms with Crippen LogP contribution in [0.2, 0.25) is 0 Å². The summed E-state index contributed by atoms with van der Waals surface area (Å²) in [6, 6.07) is 28.9. The average molecular weight is 395 g/mol.